The lowest BCUT2D eigenvalue weighted by molar-refractivity contribution is 0.329. The van der Waals surface area contributed by atoms with Crippen LogP contribution in [-0.2, 0) is 10.0 Å². The van der Waals surface area contributed by atoms with E-state index in [2.05, 4.69) is 41.5 Å². The molecule has 2 rings (SSSR count). The number of likely N-dealkylation sites (N-methyl/N-ethyl adjacent to an activating group) is 1. The van der Waals surface area contributed by atoms with Gasteiger partial charge < -0.3 is 4.90 Å². The van der Waals surface area contributed by atoms with Crippen LogP contribution in [-0.4, -0.2) is 39.5 Å². The number of nitrogens with zero attached hydrogens (tertiary/aromatic N) is 1. The first-order valence-electron chi connectivity index (χ1n) is 6.05. The molecule has 0 heterocycles. The van der Waals surface area contributed by atoms with Crippen molar-refractivity contribution in [3.63, 3.8) is 0 Å². The second kappa shape index (κ2) is 6.22. The van der Waals surface area contributed by atoms with Crippen molar-refractivity contribution < 1.29 is 8.42 Å². The zero-order chi connectivity index (χ0) is 14.0. The molecular weight excluding hydrogens is 396 g/mol. The summed E-state index contributed by atoms with van der Waals surface area (Å²) in [6.45, 7) is 1.16. The second-order valence-electron chi connectivity index (χ2n) is 4.68. The van der Waals surface area contributed by atoms with Crippen LogP contribution >= 0.6 is 31.9 Å². The number of rotatable bonds is 6. The summed E-state index contributed by atoms with van der Waals surface area (Å²) in [5.74, 6) is 0. The average Bonchev–Trinajstić information content (AvgIpc) is 3.15. The molecule has 1 aromatic rings. The molecule has 0 bridgehead atoms. The van der Waals surface area contributed by atoms with Gasteiger partial charge in [-0.3, -0.25) is 0 Å². The van der Waals surface area contributed by atoms with Gasteiger partial charge in [-0.25, -0.2) is 13.1 Å². The predicted octanol–water partition coefficient (Wildman–Crippen LogP) is 2.58. The van der Waals surface area contributed by atoms with E-state index in [1.54, 1.807) is 18.2 Å². The Morgan fingerprint density at radius 3 is 2.68 bits per heavy atom. The predicted molar refractivity (Wildman–Crippen MR) is 82.7 cm³/mol. The molecule has 0 unspecified atom stereocenters. The van der Waals surface area contributed by atoms with E-state index in [0.29, 0.717) is 17.1 Å². The Kier molecular flexibility index (Phi) is 5.05. The molecule has 0 saturated heterocycles. The van der Waals surface area contributed by atoms with Crippen molar-refractivity contribution in [1.29, 1.82) is 0 Å². The molecule has 106 valence electrons. The summed E-state index contributed by atoms with van der Waals surface area (Å²) < 4.78 is 28.3. The van der Waals surface area contributed by atoms with Gasteiger partial charge in [0.05, 0.1) is 4.90 Å². The molecule has 19 heavy (non-hydrogen) atoms. The van der Waals surface area contributed by atoms with Gasteiger partial charge in [-0.05, 0) is 54.0 Å². The monoisotopic (exact) mass is 410 g/mol. The van der Waals surface area contributed by atoms with Gasteiger partial charge in [0.1, 0.15) is 0 Å². The quantitative estimate of drug-likeness (QED) is 0.782. The highest BCUT2D eigenvalue weighted by molar-refractivity contribution is 9.11. The van der Waals surface area contributed by atoms with Gasteiger partial charge in [0.2, 0.25) is 10.0 Å². The van der Waals surface area contributed by atoms with Crippen LogP contribution in [0.3, 0.4) is 0 Å². The highest BCUT2D eigenvalue weighted by Gasteiger charge is 2.26. The third-order valence-corrected chi connectivity index (χ3v) is 6.06. The minimum Gasteiger partial charge on any atom is -0.302 e. The van der Waals surface area contributed by atoms with Gasteiger partial charge in [0.25, 0.3) is 0 Å². The normalized spacial score (nSPS) is 16.0. The highest BCUT2D eigenvalue weighted by Crippen LogP contribution is 2.26. The highest BCUT2D eigenvalue weighted by atomic mass is 79.9. The Labute approximate surface area is 130 Å². The lowest BCUT2D eigenvalue weighted by Gasteiger charge is -2.16. The second-order valence-corrected chi connectivity index (χ2v) is 8.19. The van der Waals surface area contributed by atoms with Crippen LogP contribution < -0.4 is 4.72 Å². The molecule has 0 spiro atoms. The smallest absolute Gasteiger partial charge is 0.241 e. The van der Waals surface area contributed by atoms with Crippen LogP contribution in [0.15, 0.2) is 32.0 Å². The van der Waals surface area contributed by atoms with Crippen LogP contribution in [0, 0.1) is 0 Å². The van der Waals surface area contributed by atoms with Gasteiger partial charge >= 0.3 is 0 Å². The maximum absolute atomic E-state index is 12.2. The van der Waals surface area contributed by atoms with Crippen molar-refractivity contribution in [2.45, 2.75) is 23.8 Å². The molecule has 0 amide bonds. The molecule has 1 saturated carbocycles. The zero-order valence-corrected chi connectivity index (χ0v) is 14.6. The fourth-order valence-electron chi connectivity index (χ4n) is 1.82. The third kappa shape index (κ3) is 4.26. The van der Waals surface area contributed by atoms with E-state index < -0.39 is 10.0 Å². The largest absolute Gasteiger partial charge is 0.302 e. The minimum absolute atomic E-state index is 0.260. The van der Waals surface area contributed by atoms with Crippen molar-refractivity contribution in [3.05, 3.63) is 27.1 Å². The molecule has 1 aromatic carbocycles. The Morgan fingerprint density at radius 1 is 1.37 bits per heavy atom. The lowest BCUT2D eigenvalue weighted by atomic mass is 10.4. The van der Waals surface area contributed by atoms with Gasteiger partial charge in [0.15, 0.2) is 0 Å². The van der Waals surface area contributed by atoms with Crippen molar-refractivity contribution in [2.24, 2.45) is 0 Å². The van der Waals surface area contributed by atoms with Crippen molar-refractivity contribution in [1.82, 2.24) is 9.62 Å². The number of hydrogen-bond donors (Lipinski definition) is 1. The summed E-state index contributed by atoms with van der Waals surface area (Å²) in [5, 5.41) is 0. The summed E-state index contributed by atoms with van der Waals surface area (Å²) in [5.41, 5.74) is 0. The molecule has 1 fully saturated rings. The van der Waals surface area contributed by atoms with Crippen LogP contribution in [0.25, 0.3) is 0 Å². The first-order chi connectivity index (χ1) is 8.90. The summed E-state index contributed by atoms with van der Waals surface area (Å²) >= 11 is 6.56. The first kappa shape index (κ1) is 15.4. The average molecular weight is 412 g/mol. The molecular formula is C12H16Br2N2O2S. The molecule has 7 heteroatoms. The zero-order valence-electron chi connectivity index (χ0n) is 10.6. The maximum Gasteiger partial charge on any atom is 0.241 e. The van der Waals surface area contributed by atoms with Gasteiger partial charge in [-0.2, -0.15) is 0 Å². The number of sulfonamides is 1. The number of halogens is 2. The SMILES string of the molecule is CN(CCNS(=O)(=O)c1cc(Br)ccc1Br)C1CC1. The van der Waals surface area contributed by atoms with E-state index in [4.69, 9.17) is 0 Å². The van der Waals surface area contributed by atoms with E-state index in [9.17, 15) is 8.42 Å². The number of nitrogens with one attached hydrogen (secondary N) is 1. The Balaban J connectivity index is 1.99. The van der Waals surface area contributed by atoms with E-state index in [0.717, 1.165) is 11.0 Å². The summed E-state index contributed by atoms with van der Waals surface area (Å²) in [4.78, 5) is 2.45. The molecule has 0 atom stereocenters. The van der Waals surface area contributed by atoms with Gasteiger partial charge in [0, 0.05) is 28.1 Å². The Hall–Kier alpha value is 0.0500. The van der Waals surface area contributed by atoms with E-state index >= 15 is 0 Å². The number of hydrogen-bond acceptors (Lipinski definition) is 3. The third-order valence-electron chi connectivity index (χ3n) is 3.11. The fourth-order valence-corrected chi connectivity index (χ4v) is 4.34. The molecule has 1 aliphatic rings. The van der Waals surface area contributed by atoms with Gasteiger partial charge in [-0.15, -0.1) is 0 Å². The van der Waals surface area contributed by atoms with Crippen LogP contribution in [0.1, 0.15) is 12.8 Å². The Bertz CT molecular complexity index is 559. The molecule has 4 nitrogen and oxygen atoms in total. The van der Waals surface area contributed by atoms with Crippen LogP contribution in [0.5, 0.6) is 0 Å². The first-order valence-corrected chi connectivity index (χ1v) is 9.12. The van der Waals surface area contributed by atoms with E-state index in [-0.39, 0.29) is 4.90 Å². The van der Waals surface area contributed by atoms with Crippen LogP contribution in [0.4, 0.5) is 0 Å². The minimum atomic E-state index is -3.47. The Morgan fingerprint density at radius 2 is 2.05 bits per heavy atom. The molecule has 0 radical (unpaired) electrons. The van der Waals surface area contributed by atoms with Crippen molar-refractivity contribution in [3.8, 4) is 0 Å². The van der Waals surface area contributed by atoms with Gasteiger partial charge in [-0.1, -0.05) is 15.9 Å². The van der Waals surface area contributed by atoms with Crippen molar-refractivity contribution >= 4 is 41.9 Å². The topological polar surface area (TPSA) is 49.4 Å². The summed E-state index contributed by atoms with van der Waals surface area (Å²) in [6.07, 6.45) is 2.45. The molecule has 0 aliphatic heterocycles. The maximum atomic E-state index is 12.2. The van der Waals surface area contributed by atoms with Crippen LogP contribution in [0.2, 0.25) is 0 Å². The fraction of sp³-hybridized carbons (Fsp3) is 0.500. The number of benzene rings is 1. The van der Waals surface area contributed by atoms with E-state index in [1.165, 1.54) is 12.8 Å². The molecule has 1 aliphatic carbocycles. The summed E-state index contributed by atoms with van der Waals surface area (Å²) in [6, 6.07) is 5.75. The standard InChI is InChI=1S/C12H16Br2N2O2S/c1-16(10-3-4-10)7-6-15-19(17,18)12-8-9(13)2-5-11(12)14/h2,5,8,10,15H,3-4,6-7H2,1H3. The molecule has 1 N–H and O–H groups in total. The van der Waals surface area contributed by atoms with E-state index in [1.807, 2.05) is 7.05 Å². The van der Waals surface area contributed by atoms with Crippen molar-refractivity contribution in [2.75, 3.05) is 20.1 Å². The molecule has 0 aromatic heterocycles. The lowest BCUT2D eigenvalue weighted by Crippen LogP contribution is -2.34. The summed E-state index contributed by atoms with van der Waals surface area (Å²) in [7, 11) is -1.44.